The lowest BCUT2D eigenvalue weighted by atomic mass is 10.1. The maximum Gasteiger partial charge on any atom is 0.270 e. The molecule has 1 N–H and O–H groups in total. The second kappa shape index (κ2) is 7.14. The fourth-order valence-corrected chi connectivity index (χ4v) is 2.40. The molecule has 3 aromatic rings. The molecular formula is C17H12ClN4O3. The molecule has 1 aromatic heterocycles. The molecule has 8 heteroatoms. The zero-order chi connectivity index (χ0) is 17.8. The van der Waals surface area contributed by atoms with Crippen molar-refractivity contribution in [1.29, 1.82) is 0 Å². The van der Waals surface area contributed by atoms with Crippen molar-refractivity contribution in [3.63, 3.8) is 0 Å². The zero-order valence-corrected chi connectivity index (χ0v) is 13.8. The Kier molecular flexibility index (Phi) is 4.76. The molecular weight excluding hydrogens is 344 g/mol. The van der Waals surface area contributed by atoms with Gasteiger partial charge in [0, 0.05) is 17.7 Å². The highest BCUT2D eigenvalue weighted by Crippen LogP contribution is 2.30. The van der Waals surface area contributed by atoms with Crippen molar-refractivity contribution in [3.8, 4) is 17.0 Å². The molecule has 0 saturated heterocycles. The van der Waals surface area contributed by atoms with Gasteiger partial charge in [-0.25, -0.2) is 9.97 Å². The maximum atomic E-state index is 11.0. The van der Waals surface area contributed by atoms with E-state index in [-0.39, 0.29) is 11.6 Å². The molecule has 7 nitrogen and oxygen atoms in total. The maximum absolute atomic E-state index is 11.0. The van der Waals surface area contributed by atoms with Crippen molar-refractivity contribution in [2.75, 3.05) is 12.4 Å². The summed E-state index contributed by atoms with van der Waals surface area (Å²) in [6.45, 7) is 0. The van der Waals surface area contributed by atoms with Crippen LogP contribution in [0, 0.1) is 16.2 Å². The Morgan fingerprint density at radius 3 is 2.96 bits per heavy atom. The minimum absolute atomic E-state index is 0.0399. The Labute approximate surface area is 148 Å². The highest BCUT2D eigenvalue weighted by atomic mass is 35.5. The molecule has 1 radical (unpaired) electrons. The summed E-state index contributed by atoms with van der Waals surface area (Å²) >= 11 is 6.17. The number of hydrogen-bond donors (Lipinski definition) is 1. The number of nitrogens with zero attached hydrogens (tertiary/aromatic N) is 3. The number of benzene rings is 2. The Bertz CT molecular complexity index is 933. The lowest BCUT2D eigenvalue weighted by Crippen LogP contribution is -2.00. The van der Waals surface area contributed by atoms with E-state index in [1.165, 1.54) is 18.3 Å². The van der Waals surface area contributed by atoms with Crippen molar-refractivity contribution in [3.05, 3.63) is 69.9 Å². The van der Waals surface area contributed by atoms with Crippen LogP contribution < -0.4 is 10.1 Å². The van der Waals surface area contributed by atoms with E-state index in [4.69, 9.17) is 16.3 Å². The average Bonchev–Trinajstić information content (AvgIpc) is 2.64. The third kappa shape index (κ3) is 3.67. The fourth-order valence-electron chi connectivity index (χ4n) is 2.20. The monoisotopic (exact) mass is 355 g/mol. The summed E-state index contributed by atoms with van der Waals surface area (Å²) in [6, 6.07) is 14.2. The van der Waals surface area contributed by atoms with Crippen LogP contribution >= 0.6 is 11.6 Å². The van der Waals surface area contributed by atoms with Crippen LogP contribution in [0.2, 0.25) is 5.02 Å². The molecule has 0 aliphatic carbocycles. The third-order valence-electron chi connectivity index (χ3n) is 3.37. The van der Waals surface area contributed by atoms with Gasteiger partial charge in [0.1, 0.15) is 5.75 Å². The fraction of sp³-hybridized carbons (Fsp3) is 0.0588. The largest absolute Gasteiger partial charge is 0.495 e. The van der Waals surface area contributed by atoms with E-state index >= 15 is 0 Å². The molecule has 0 amide bonds. The second-order valence-electron chi connectivity index (χ2n) is 4.95. The van der Waals surface area contributed by atoms with Gasteiger partial charge in [0.15, 0.2) is 0 Å². The predicted octanol–water partition coefficient (Wildman–Crippen LogP) is 4.26. The van der Waals surface area contributed by atoms with E-state index in [0.717, 1.165) is 0 Å². The minimum Gasteiger partial charge on any atom is -0.495 e. The number of methoxy groups -OCH3 is 1. The summed E-state index contributed by atoms with van der Waals surface area (Å²) in [5, 5.41) is 14.3. The van der Waals surface area contributed by atoms with Gasteiger partial charge < -0.3 is 10.1 Å². The van der Waals surface area contributed by atoms with Gasteiger partial charge in [-0.05, 0) is 18.2 Å². The molecule has 0 aliphatic heterocycles. The molecule has 125 valence electrons. The van der Waals surface area contributed by atoms with Crippen LogP contribution in [0.25, 0.3) is 11.3 Å². The molecule has 0 saturated carbocycles. The van der Waals surface area contributed by atoms with Gasteiger partial charge in [-0.15, -0.1) is 0 Å². The summed E-state index contributed by atoms with van der Waals surface area (Å²) < 4.78 is 5.25. The number of nitro groups is 1. The van der Waals surface area contributed by atoms with Crippen LogP contribution in [-0.2, 0) is 0 Å². The number of halogens is 1. The number of non-ortho nitro benzene ring substituents is 1. The van der Waals surface area contributed by atoms with Crippen LogP contribution in [0.3, 0.4) is 0 Å². The smallest absolute Gasteiger partial charge is 0.270 e. The Hall–Kier alpha value is -3.19. The molecule has 3 rings (SSSR count). The van der Waals surface area contributed by atoms with Crippen LogP contribution in [0.15, 0.2) is 48.7 Å². The van der Waals surface area contributed by atoms with E-state index in [2.05, 4.69) is 21.4 Å². The quantitative estimate of drug-likeness (QED) is 0.543. The van der Waals surface area contributed by atoms with Gasteiger partial charge in [0.2, 0.25) is 5.95 Å². The summed E-state index contributed by atoms with van der Waals surface area (Å²) in [4.78, 5) is 19.0. The average molecular weight is 356 g/mol. The SMILES string of the molecule is COc1c[c]ccc1Nc1ncc(Cl)c(-c2cccc([N+](=O)[O-])c2)n1. The number of rotatable bonds is 5. The van der Waals surface area contributed by atoms with Gasteiger partial charge in [-0.1, -0.05) is 29.8 Å². The number of hydrogen-bond acceptors (Lipinski definition) is 6. The van der Waals surface area contributed by atoms with Gasteiger partial charge in [-0.3, -0.25) is 10.1 Å². The Balaban J connectivity index is 1.98. The first-order valence-corrected chi connectivity index (χ1v) is 7.55. The predicted molar refractivity (Wildman–Crippen MR) is 94.2 cm³/mol. The molecule has 0 aliphatic rings. The molecule has 0 bridgehead atoms. The lowest BCUT2D eigenvalue weighted by molar-refractivity contribution is -0.384. The molecule has 1 heterocycles. The van der Waals surface area contributed by atoms with Crippen molar-refractivity contribution in [2.45, 2.75) is 0 Å². The minimum atomic E-state index is -0.469. The second-order valence-corrected chi connectivity index (χ2v) is 5.36. The van der Waals surface area contributed by atoms with E-state index in [1.807, 2.05) is 0 Å². The van der Waals surface area contributed by atoms with Crippen LogP contribution in [0.4, 0.5) is 17.3 Å². The van der Waals surface area contributed by atoms with Crippen molar-refractivity contribution < 1.29 is 9.66 Å². The van der Waals surface area contributed by atoms with Gasteiger partial charge >= 0.3 is 0 Å². The van der Waals surface area contributed by atoms with Crippen molar-refractivity contribution in [1.82, 2.24) is 9.97 Å². The first-order valence-electron chi connectivity index (χ1n) is 7.17. The highest BCUT2D eigenvalue weighted by Gasteiger charge is 2.13. The van der Waals surface area contributed by atoms with Crippen molar-refractivity contribution in [2.24, 2.45) is 0 Å². The molecule has 2 aromatic carbocycles. The van der Waals surface area contributed by atoms with Crippen LogP contribution in [0.5, 0.6) is 5.75 Å². The molecule has 0 fully saturated rings. The Morgan fingerprint density at radius 2 is 2.20 bits per heavy atom. The summed E-state index contributed by atoms with van der Waals surface area (Å²) in [6.07, 6.45) is 1.44. The molecule has 0 atom stereocenters. The van der Waals surface area contributed by atoms with Gasteiger partial charge in [0.05, 0.1) is 34.6 Å². The van der Waals surface area contributed by atoms with Crippen LogP contribution in [0.1, 0.15) is 0 Å². The number of nitro benzene ring substituents is 1. The molecule has 25 heavy (non-hydrogen) atoms. The number of ether oxygens (including phenoxy) is 1. The standard InChI is InChI=1S/C17H12ClN4O3/c1-25-15-8-3-2-7-14(15)20-17-19-10-13(18)16(21-17)11-5-4-6-12(9-11)22(23)24/h2,4-10H,1H3,(H,19,20,21). The number of nitrogens with one attached hydrogen (secondary N) is 1. The lowest BCUT2D eigenvalue weighted by Gasteiger charge is -2.11. The van der Waals surface area contributed by atoms with Crippen molar-refractivity contribution >= 4 is 28.9 Å². The summed E-state index contributed by atoms with van der Waals surface area (Å²) in [5.74, 6) is 0.869. The first-order chi connectivity index (χ1) is 12.1. The molecule has 0 unspecified atom stereocenters. The topological polar surface area (TPSA) is 90.2 Å². The molecule has 0 spiro atoms. The van der Waals surface area contributed by atoms with Gasteiger partial charge in [0.25, 0.3) is 5.69 Å². The number of aromatic nitrogens is 2. The highest BCUT2D eigenvalue weighted by molar-refractivity contribution is 6.32. The van der Waals surface area contributed by atoms with E-state index < -0.39 is 4.92 Å². The normalized spacial score (nSPS) is 10.3. The number of anilines is 2. The van der Waals surface area contributed by atoms with E-state index in [1.54, 1.807) is 37.4 Å². The van der Waals surface area contributed by atoms with E-state index in [9.17, 15) is 10.1 Å². The van der Waals surface area contributed by atoms with Gasteiger partial charge in [-0.2, -0.15) is 0 Å². The Morgan fingerprint density at radius 1 is 1.36 bits per heavy atom. The summed E-state index contributed by atoms with van der Waals surface area (Å²) in [7, 11) is 1.55. The van der Waals surface area contributed by atoms with E-state index in [0.29, 0.717) is 27.7 Å². The van der Waals surface area contributed by atoms with Crippen LogP contribution in [-0.4, -0.2) is 22.0 Å². The third-order valence-corrected chi connectivity index (χ3v) is 3.64. The first kappa shape index (κ1) is 16.7. The zero-order valence-electron chi connectivity index (χ0n) is 13.1. The summed E-state index contributed by atoms with van der Waals surface area (Å²) in [5.41, 5.74) is 1.54.